The number of carbonyl (C=O) groups is 1. The molecule has 0 saturated heterocycles. The van der Waals surface area contributed by atoms with E-state index in [0.29, 0.717) is 44.3 Å². The maximum absolute atomic E-state index is 14.4. The molecule has 182 valence electrons. The van der Waals surface area contributed by atoms with Crippen LogP contribution in [-0.4, -0.2) is 30.4 Å². The zero-order chi connectivity index (χ0) is 25.7. The predicted molar refractivity (Wildman–Crippen MR) is 140 cm³/mol. The van der Waals surface area contributed by atoms with Crippen LogP contribution in [-0.2, 0) is 17.9 Å². The molecule has 0 saturated carbocycles. The molecule has 6 aromatic rings. The summed E-state index contributed by atoms with van der Waals surface area (Å²) in [4.78, 5) is 29.8. The molecule has 0 aliphatic heterocycles. The average Bonchev–Trinajstić information content (AvgIpc) is 3.15. The lowest BCUT2D eigenvalue weighted by Crippen LogP contribution is -2.25. The van der Waals surface area contributed by atoms with Gasteiger partial charge in [0.1, 0.15) is 18.1 Å². The third-order valence-electron chi connectivity index (χ3n) is 6.65. The van der Waals surface area contributed by atoms with Gasteiger partial charge < -0.3 is 9.67 Å². The van der Waals surface area contributed by atoms with Crippen molar-refractivity contribution >= 4 is 38.5 Å². The Morgan fingerprint density at radius 2 is 1.70 bits per heavy atom. The van der Waals surface area contributed by atoms with Crippen molar-refractivity contribution in [3.8, 4) is 11.3 Å². The third kappa shape index (κ3) is 3.83. The second-order valence-electron chi connectivity index (χ2n) is 8.95. The van der Waals surface area contributed by atoms with Gasteiger partial charge in [0.25, 0.3) is 5.56 Å². The first-order valence-electron chi connectivity index (χ1n) is 11.8. The number of hydrogen-bond acceptors (Lipinski definition) is 4. The number of carboxylic acid groups (broad SMARTS) is 1. The smallest absolute Gasteiger partial charge is 0.323 e. The van der Waals surface area contributed by atoms with Crippen LogP contribution in [0.25, 0.3) is 43.8 Å². The van der Waals surface area contributed by atoms with Gasteiger partial charge in [-0.3, -0.25) is 14.6 Å². The van der Waals surface area contributed by atoms with Crippen molar-refractivity contribution in [2.45, 2.75) is 20.0 Å². The quantitative estimate of drug-likeness (QED) is 0.360. The number of fused-ring (bicyclic) bond motifs is 3. The summed E-state index contributed by atoms with van der Waals surface area (Å²) in [5.41, 5.74) is 3.49. The summed E-state index contributed by atoms with van der Waals surface area (Å²) in [6.07, 6.45) is 0. The highest BCUT2D eigenvalue weighted by atomic mass is 19.1. The van der Waals surface area contributed by atoms with E-state index in [9.17, 15) is 19.1 Å². The molecule has 0 radical (unpaired) electrons. The van der Waals surface area contributed by atoms with E-state index in [1.807, 2.05) is 42.5 Å². The highest BCUT2D eigenvalue weighted by molar-refractivity contribution is 6.05. The Labute approximate surface area is 210 Å². The first kappa shape index (κ1) is 22.6. The van der Waals surface area contributed by atoms with E-state index in [-0.39, 0.29) is 18.6 Å². The molecule has 7 nitrogen and oxygen atoms in total. The maximum atomic E-state index is 14.4. The van der Waals surface area contributed by atoms with Gasteiger partial charge in [0, 0.05) is 32.9 Å². The van der Waals surface area contributed by atoms with Gasteiger partial charge in [0.05, 0.1) is 23.1 Å². The Kier molecular flexibility index (Phi) is 5.30. The highest BCUT2D eigenvalue weighted by Gasteiger charge is 2.22. The molecule has 0 fully saturated rings. The van der Waals surface area contributed by atoms with Crippen LogP contribution < -0.4 is 5.56 Å². The minimum atomic E-state index is -1.01. The van der Waals surface area contributed by atoms with Crippen molar-refractivity contribution in [2.24, 2.45) is 0 Å². The van der Waals surface area contributed by atoms with Gasteiger partial charge >= 0.3 is 5.97 Å². The maximum Gasteiger partial charge on any atom is 0.323 e. The number of pyridine rings is 1. The van der Waals surface area contributed by atoms with E-state index in [4.69, 9.17) is 10.1 Å². The van der Waals surface area contributed by atoms with Crippen LogP contribution >= 0.6 is 0 Å². The fourth-order valence-electron chi connectivity index (χ4n) is 4.97. The summed E-state index contributed by atoms with van der Waals surface area (Å²) >= 11 is 0. The van der Waals surface area contributed by atoms with Gasteiger partial charge in [-0.25, -0.2) is 9.07 Å². The molecule has 0 aliphatic rings. The fourth-order valence-corrected chi connectivity index (χ4v) is 4.97. The van der Waals surface area contributed by atoms with Gasteiger partial charge in [-0.2, -0.15) is 5.10 Å². The molecule has 8 heteroatoms. The number of halogens is 1. The number of aliphatic carboxylic acids is 1. The SMILES string of the molecule is Cc1c(-c2nn(Cc3ccc4ccccc4n3)c(=O)c3ccccc23)c2cc(F)ccc2n1CC(=O)O. The van der Waals surface area contributed by atoms with Crippen LogP contribution in [0.4, 0.5) is 4.39 Å². The minimum absolute atomic E-state index is 0.142. The van der Waals surface area contributed by atoms with E-state index in [1.165, 1.54) is 16.8 Å². The normalized spacial score (nSPS) is 11.5. The average molecular weight is 493 g/mol. The number of rotatable bonds is 5. The molecule has 0 aliphatic carbocycles. The Morgan fingerprint density at radius 1 is 0.946 bits per heavy atom. The Bertz CT molecular complexity index is 1920. The topological polar surface area (TPSA) is 90.0 Å². The highest BCUT2D eigenvalue weighted by Crippen LogP contribution is 2.37. The summed E-state index contributed by atoms with van der Waals surface area (Å²) in [7, 11) is 0. The molecule has 0 unspecified atom stereocenters. The molecule has 6 rings (SSSR count). The van der Waals surface area contributed by atoms with Crippen LogP contribution in [0.2, 0.25) is 0 Å². The molecule has 37 heavy (non-hydrogen) atoms. The van der Waals surface area contributed by atoms with Crippen LogP contribution in [0.1, 0.15) is 11.4 Å². The van der Waals surface area contributed by atoms with Crippen molar-refractivity contribution in [2.75, 3.05) is 0 Å². The molecule has 3 heterocycles. The van der Waals surface area contributed by atoms with Gasteiger partial charge in [0.15, 0.2) is 0 Å². The lowest BCUT2D eigenvalue weighted by atomic mass is 10.0. The molecule has 1 N–H and O–H groups in total. The number of carboxylic acids is 1. The molecular weight excluding hydrogens is 471 g/mol. The molecule has 0 bridgehead atoms. The second kappa shape index (κ2) is 8.67. The molecule has 0 atom stereocenters. The van der Waals surface area contributed by atoms with Gasteiger partial charge in [-0.15, -0.1) is 0 Å². The monoisotopic (exact) mass is 492 g/mol. The number of aromatic nitrogens is 4. The molecule has 3 aromatic heterocycles. The van der Waals surface area contributed by atoms with Crippen molar-refractivity contribution in [3.63, 3.8) is 0 Å². The Hall–Kier alpha value is -4.85. The minimum Gasteiger partial charge on any atom is -0.480 e. The van der Waals surface area contributed by atoms with Crippen molar-refractivity contribution in [1.29, 1.82) is 0 Å². The van der Waals surface area contributed by atoms with Crippen molar-refractivity contribution in [1.82, 2.24) is 19.3 Å². The lowest BCUT2D eigenvalue weighted by Gasteiger charge is -2.12. The second-order valence-corrected chi connectivity index (χ2v) is 8.95. The number of para-hydroxylation sites is 1. The molecule has 3 aromatic carbocycles. The fraction of sp³-hybridized carbons (Fsp3) is 0.103. The standard InChI is InChI=1S/C29H21FN4O3/c1-17-27(23-14-19(30)11-13-25(23)33(17)16-26(35)36)28-21-7-3-4-8-22(21)29(37)34(32-28)15-20-12-10-18-6-2-5-9-24(18)31-20/h2-14H,15-16H2,1H3,(H,35,36). The molecule has 0 amide bonds. The largest absolute Gasteiger partial charge is 0.480 e. The third-order valence-corrected chi connectivity index (χ3v) is 6.65. The van der Waals surface area contributed by atoms with Gasteiger partial charge in [-0.1, -0.05) is 42.5 Å². The summed E-state index contributed by atoms with van der Waals surface area (Å²) < 4.78 is 17.4. The van der Waals surface area contributed by atoms with E-state index < -0.39 is 11.8 Å². The molecular formula is C29H21FN4O3. The van der Waals surface area contributed by atoms with E-state index in [1.54, 1.807) is 35.8 Å². The first-order chi connectivity index (χ1) is 17.9. The Balaban J connectivity index is 1.61. The number of hydrogen-bond donors (Lipinski definition) is 1. The van der Waals surface area contributed by atoms with Crippen LogP contribution in [0.3, 0.4) is 0 Å². The summed E-state index contributed by atoms with van der Waals surface area (Å²) in [5, 5.41) is 16.9. The van der Waals surface area contributed by atoms with Gasteiger partial charge in [0.2, 0.25) is 0 Å². The predicted octanol–water partition coefficient (Wildman–Crippen LogP) is 5.15. The van der Waals surface area contributed by atoms with Crippen LogP contribution in [0.15, 0.2) is 83.7 Å². The summed E-state index contributed by atoms with van der Waals surface area (Å²) in [6, 6.07) is 23.0. The van der Waals surface area contributed by atoms with E-state index >= 15 is 0 Å². The van der Waals surface area contributed by atoms with Crippen LogP contribution in [0, 0.1) is 12.7 Å². The van der Waals surface area contributed by atoms with Crippen molar-refractivity contribution < 1.29 is 14.3 Å². The van der Waals surface area contributed by atoms with E-state index in [0.717, 1.165) is 10.9 Å². The van der Waals surface area contributed by atoms with Crippen molar-refractivity contribution in [3.05, 3.63) is 106 Å². The lowest BCUT2D eigenvalue weighted by molar-refractivity contribution is -0.137. The number of nitrogens with zero attached hydrogens (tertiary/aromatic N) is 4. The zero-order valence-corrected chi connectivity index (χ0v) is 19.9. The van der Waals surface area contributed by atoms with E-state index in [2.05, 4.69) is 0 Å². The first-order valence-corrected chi connectivity index (χ1v) is 11.8. The van der Waals surface area contributed by atoms with Gasteiger partial charge in [-0.05, 0) is 43.3 Å². The zero-order valence-electron chi connectivity index (χ0n) is 19.9. The summed E-state index contributed by atoms with van der Waals surface area (Å²) in [5.74, 6) is -1.46. The van der Waals surface area contributed by atoms with Crippen LogP contribution in [0.5, 0.6) is 0 Å². The number of benzene rings is 3. The summed E-state index contributed by atoms with van der Waals surface area (Å²) in [6.45, 7) is 1.64. The molecule has 0 spiro atoms. The Morgan fingerprint density at radius 3 is 2.51 bits per heavy atom.